The highest BCUT2D eigenvalue weighted by Gasteiger charge is 2.38. The van der Waals surface area contributed by atoms with E-state index in [0.717, 1.165) is 41.3 Å². The van der Waals surface area contributed by atoms with Crippen LogP contribution in [0.3, 0.4) is 0 Å². The van der Waals surface area contributed by atoms with Crippen molar-refractivity contribution in [2.75, 3.05) is 43.1 Å². The van der Waals surface area contributed by atoms with Crippen molar-refractivity contribution in [1.29, 1.82) is 0 Å². The highest BCUT2D eigenvalue weighted by atomic mass is 32.2. The van der Waals surface area contributed by atoms with Crippen molar-refractivity contribution in [2.24, 2.45) is 0 Å². The second-order valence-corrected chi connectivity index (χ2v) is 13.7. The number of alkyl halides is 3. The van der Waals surface area contributed by atoms with Gasteiger partial charge >= 0.3 is 12.3 Å². The molecule has 0 spiro atoms. The summed E-state index contributed by atoms with van der Waals surface area (Å²) in [6.07, 6.45) is -6.15. The standard InChI is InChI=1S/C34H37F3N4O7S/c1-23(42)25-10-8-24(9-11-25)21-30(32(43)38-27-12-14-28(15-13-27)40-17-19-47-20-18-40)39-33(44)48-31-7-2-3-16-41(31)49(45,46)29-6-4-5-26(22-29)34(35,36)37/h4-6,8-15,22,30-31H,2-3,7,16-21H2,1H3,(H,38,43)(H,39,44)/t30-,31-/m0/s1. The van der Waals surface area contributed by atoms with Crippen LogP contribution in [0.5, 0.6) is 0 Å². The van der Waals surface area contributed by atoms with E-state index in [0.29, 0.717) is 48.9 Å². The molecule has 0 aromatic heterocycles. The molecule has 49 heavy (non-hydrogen) atoms. The quantitative estimate of drug-likeness (QED) is 0.275. The molecule has 2 saturated heterocycles. The Balaban J connectivity index is 1.32. The number of morpholine rings is 1. The van der Waals surface area contributed by atoms with Gasteiger partial charge in [0.2, 0.25) is 15.9 Å². The number of carbonyl (C=O) groups is 3. The summed E-state index contributed by atoms with van der Waals surface area (Å²) >= 11 is 0. The van der Waals surface area contributed by atoms with Gasteiger partial charge in [0, 0.05) is 43.0 Å². The first kappa shape index (κ1) is 35.8. The van der Waals surface area contributed by atoms with Crippen LogP contribution < -0.4 is 15.5 Å². The van der Waals surface area contributed by atoms with E-state index in [1.54, 1.807) is 36.4 Å². The van der Waals surface area contributed by atoms with Gasteiger partial charge in [0.25, 0.3) is 0 Å². The Labute approximate surface area is 282 Å². The molecule has 11 nitrogen and oxygen atoms in total. The molecule has 0 unspecified atom stereocenters. The van der Waals surface area contributed by atoms with E-state index in [4.69, 9.17) is 9.47 Å². The fourth-order valence-electron chi connectivity index (χ4n) is 5.66. The van der Waals surface area contributed by atoms with Crippen molar-refractivity contribution in [3.05, 3.63) is 89.5 Å². The van der Waals surface area contributed by atoms with Gasteiger partial charge in [-0.1, -0.05) is 30.3 Å². The highest BCUT2D eigenvalue weighted by Crippen LogP contribution is 2.33. The molecule has 3 aromatic carbocycles. The summed E-state index contributed by atoms with van der Waals surface area (Å²) in [5.74, 6) is -0.719. The lowest BCUT2D eigenvalue weighted by atomic mass is 10.0. The Kier molecular flexibility index (Phi) is 11.3. The Morgan fingerprint density at radius 2 is 1.65 bits per heavy atom. The third-order valence-corrected chi connectivity index (χ3v) is 10.2. The largest absolute Gasteiger partial charge is 0.429 e. The van der Waals surface area contributed by atoms with Gasteiger partial charge in [-0.25, -0.2) is 13.2 Å². The zero-order valence-electron chi connectivity index (χ0n) is 26.7. The number of amides is 2. The monoisotopic (exact) mass is 702 g/mol. The maximum Gasteiger partial charge on any atom is 0.416 e. The normalized spacial score (nSPS) is 18.0. The Morgan fingerprint density at radius 1 is 0.959 bits per heavy atom. The molecule has 3 aromatic rings. The zero-order chi connectivity index (χ0) is 35.2. The van der Waals surface area contributed by atoms with Crippen LogP contribution in [-0.2, 0) is 36.9 Å². The number of alkyl carbamates (subject to hydrolysis) is 1. The second-order valence-electron chi connectivity index (χ2n) is 11.8. The van der Waals surface area contributed by atoms with Crippen molar-refractivity contribution in [1.82, 2.24) is 9.62 Å². The molecule has 5 rings (SSSR count). The highest BCUT2D eigenvalue weighted by molar-refractivity contribution is 7.89. The molecular weight excluding hydrogens is 665 g/mol. The van der Waals surface area contributed by atoms with Crippen molar-refractivity contribution < 1.29 is 45.4 Å². The van der Waals surface area contributed by atoms with Crippen molar-refractivity contribution in [3.63, 3.8) is 0 Å². The van der Waals surface area contributed by atoms with Crippen LogP contribution in [0.25, 0.3) is 0 Å². The number of nitrogens with one attached hydrogen (secondary N) is 2. The maximum atomic E-state index is 13.6. The van der Waals surface area contributed by atoms with Crippen LogP contribution >= 0.6 is 0 Å². The summed E-state index contributed by atoms with van der Waals surface area (Å²) in [4.78, 5) is 40.2. The maximum absolute atomic E-state index is 13.6. The zero-order valence-corrected chi connectivity index (χ0v) is 27.6. The molecule has 2 atom stereocenters. The number of Topliss-reactive ketones (excluding diaryl/α,β-unsaturated/α-hetero) is 1. The predicted molar refractivity (Wildman–Crippen MR) is 175 cm³/mol. The summed E-state index contributed by atoms with van der Waals surface area (Å²) in [6.45, 7) is 4.05. The Hall–Kier alpha value is -4.47. The molecule has 2 N–H and O–H groups in total. The summed E-state index contributed by atoms with van der Waals surface area (Å²) in [7, 11) is -4.49. The van der Waals surface area contributed by atoms with Crippen LogP contribution in [0.4, 0.5) is 29.3 Å². The number of ketones is 1. The lowest BCUT2D eigenvalue weighted by Crippen LogP contribution is -2.50. The number of carbonyl (C=O) groups excluding carboxylic acids is 3. The second kappa shape index (κ2) is 15.4. The predicted octanol–water partition coefficient (Wildman–Crippen LogP) is 5.22. The van der Waals surface area contributed by atoms with Crippen LogP contribution in [0.1, 0.15) is 47.7 Å². The van der Waals surface area contributed by atoms with Crippen LogP contribution in [0.15, 0.2) is 77.7 Å². The van der Waals surface area contributed by atoms with Crippen molar-refractivity contribution in [3.8, 4) is 0 Å². The minimum Gasteiger partial charge on any atom is -0.429 e. The van der Waals surface area contributed by atoms with Gasteiger partial charge in [-0.3, -0.25) is 9.59 Å². The number of hydrogen-bond acceptors (Lipinski definition) is 8. The van der Waals surface area contributed by atoms with Crippen LogP contribution in [0, 0.1) is 0 Å². The fraction of sp³-hybridized carbons (Fsp3) is 0.382. The lowest BCUT2D eigenvalue weighted by Gasteiger charge is -2.34. The molecule has 2 fully saturated rings. The van der Waals surface area contributed by atoms with E-state index in [-0.39, 0.29) is 25.2 Å². The molecule has 0 radical (unpaired) electrons. The number of nitrogens with zero attached hydrogens (tertiary/aromatic N) is 2. The average Bonchev–Trinajstić information content (AvgIpc) is 3.09. The van der Waals surface area contributed by atoms with Crippen molar-refractivity contribution >= 4 is 39.2 Å². The molecule has 0 aliphatic carbocycles. The molecule has 15 heteroatoms. The molecule has 2 amide bonds. The van der Waals surface area contributed by atoms with Crippen molar-refractivity contribution in [2.45, 2.75) is 55.9 Å². The number of hydrogen-bond donors (Lipinski definition) is 2. The van der Waals surface area contributed by atoms with Gasteiger partial charge in [0.1, 0.15) is 6.04 Å². The summed E-state index contributed by atoms with van der Waals surface area (Å²) in [5.41, 5.74) is 1.40. The smallest absolute Gasteiger partial charge is 0.416 e. The van der Waals surface area contributed by atoms with E-state index in [1.807, 2.05) is 12.1 Å². The molecular formula is C34H37F3N4O7S. The molecule has 0 bridgehead atoms. The summed E-state index contributed by atoms with van der Waals surface area (Å²) < 4.78 is 78.8. The lowest BCUT2D eigenvalue weighted by molar-refractivity contribution is -0.137. The van der Waals surface area contributed by atoms with Gasteiger partial charge in [-0.2, -0.15) is 17.5 Å². The topological polar surface area (TPSA) is 134 Å². The third kappa shape index (κ3) is 9.16. The van der Waals surface area contributed by atoms with E-state index in [1.165, 1.54) is 6.92 Å². The Bertz CT molecular complexity index is 1750. The molecule has 2 aliphatic rings. The van der Waals surface area contributed by atoms with Gasteiger partial charge in [0.05, 0.1) is 23.7 Å². The van der Waals surface area contributed by atoms with Gasteiger partial charge in [-0.05, 0) is 74.2 Å². The number of piperidine rings is 1. The van der Waals surface area contributed by atoms with E-state index < -0.39 is 50.9 Å². The SMILES string of the molecule is CC(=O)c1ccc(C[C@H](NC(=O)O[C@H]2CCCCN2S(=O)(=O)c2cccc(C(F)(F)F)c2)C(=O)Nc2ccc(N3CCOCC3)cc2)cc1. The molecule has 262 valence electrons. The van der Waals surface area contributed by atoms with Gasteiger partial charge in [0.15, 0.2) is 12.0 Å². The number of rotatable bonds is 10. The number of benzene rings is 3. The summed E-state index contributed by atoms with van der Waals surface area (Å²) in [5, 5.41) is 5.34. The number of ether oxygens (including phenoxy) is 2. The molecule has 2 heterocycles. The third-order valence-electron chi connectivity index (χ3n) is 8.33. The minimum atomic E-state index is -4.75. The van der Waals surface area contributed by atoms with Crippen LogP contribution in [0.2, 0.25) is 0 Å². The van der Waals surface area contributed by atoms with E-state index in [9.17, 15) is 36.0 Å². The van der Waals surface area contributed by atoms with Gasteiger partial charge < -0.3 is 25.0 Å². The number of anilines is 2. The number of sulfonamides is 1. The minimum absolute atomic E-state index is 0.00188. The molecule has 0 saturated carbocycles. The first-order valence-electron chi connectivity index (χ1n) is 15.8. The first-order chi connectivity index (χ1) is 23.3. The fourth-order valence-corrected chi connectivity index (χ4v) is 7.29. The van der Waals surface area contributed by atoms with Gasteiger partial charge in [-0.15, -0.1) is 0 Å². The summed E-state index contributed by atoms with van der Waals surface area (Å²) in [6, 6.07) is 15.9. The Morgan fingerprint density at radius 3 is 2.31 bits per heavy atom. The van der Waals surface area contributed by atoms with Crippen LogP contribution in [-0.4, -0.2) is 75.6 Å². The van der Waals surface area contributed by atoms with E-state index in [2.05, 4.69) is 15.5 Å². The first-order valence-corrected chi connectivity index (χ1v) is 17.2. The van der Waals surface area contributed by atoms with E-state index >= 15 is 0 Å². The molecule has 2 aliphatic heterocycles. The average molecular weight is 703 g/mol. The number of halogens is 3.